The van der Waals surface area contributed by atoms with Gasteiger partial charge >= 0.3 is 0 Å². The van der Waals surface area contributed by atoms with Gasteiger partial charge in [0.15, 0.2) is 0 Å². The van der Waals surface area contributed by atoms with Crippen molar-refractivity contribution in [1.82, 2.24) is 5.32 Å². The van der Waals surface area contributed by atoms with Crippen LogP contribution < -0.4 is 5.32 Å². The second-order valence-corrected chi connectivity index (χ2v) is 4.93. The van der Waals surface area contributed by atoms with Crippen molar-refractivity contribution < 1.29 is 24.5 Å². The summed E-state index contributed by atoms with van der Waals surface area (Å²) in [4.78, 5) is 11.1. The summed E-state index contributed by atoms with van der Waals surface area (Å²) < 4.78 is 11.2. The van der Waals surface area contributed by atoms with E-state index in [1.807, 2.05) is 13.8 Å². The van der Waals surface area contributed by atoms with Crippen LogP contribution >= 0.6 is 0 Å². The van der Waals surface area contributed by atoms with E-state index in [1.54, 1.807) is 6.92 Å². The lowest BCUT2D eigenvalue weighted by molar-refractivity contribution is -0.215. The molecule has 1 aliphatic heterocycles. The molecule has 0 aliphatic carbocycles. The minimum atomic E-state index is -0.905. The highest BCUT2D eigenvalue weighted by Crippen LogP contribution is 2.24. The van der Waals surface area contributed by atoms with Gasteiger partial charge in [-0.15, -0.1) is 0 Å². The van der Waals surface area contributed by atoms with Crippen LogP contribution in [0.1, 0.15) is 27.7 Å². The highest BCUT2D eigenvalue weighted by Gasteiger charge is 2.44. The Morgan fingerprint density at radius 2 is 2.11 bits per heavy atom. The molecule has 1 heterocycles. The van der Waals surface area contributed by atoms with Gasteiger partial charge in [-0.3, -0.25) is 4.79 Å². The van der Waals surface area contributed by atoms with E-state index < -0.39 is 24.4 Å². The number of aliphatic hydroxyl groups is 2. The van der Waals surface area contributed by atoms with Crippen LogP contribution in [0.2, 0.25) is 0 Å². The van der Waals surface area contributed by atoms with Crippen LogP contribution in [0.4, 0.5) is 0 Å². The molecule has 1 fully saturated rings. The standard InChI is InChI=1S/C12H23NO5/c1-6(2)17-12-9(5-14)18-7(3)10(11(12)16)13-8(4)15/h6-7,9-12,14,16H,5H2,1-4H3,(H,13,15)/t7-,9?,10?,11+,12+/m0/s1. The van der Waals surface area contributed by atoms with Gasteiger partial charge in [-0.2, -0.15) is 0 Å². The Balaban J connectivity index is 2.81. The minimum absolute atomic E-state index is 0.103. The van der Waals surface area contributed by atoms with Crippen molar-refractivity contribution >= 4 is 5.91 Å². The topological polar surface area (TPSA) is 88.0 Å². The van der Waals surface area contributed by atoms with Crippen molar-refractivity contribution in [3.05, 3.63) is 0 Å². The maximum atomic E-state index is 11.1. The fourth-order valence-corrected chi connectivity index (χ4v) is 2.21. The second kappa shape index (κ2) is 6.47. The zero-order valence-corrected chi connectivity index (χ0v) is 11.3. The predicted octanol–water partition coefficient (Wildman–Crippen LogP) is -0.575. The highest BCUT2D eigenvalue weighted by molar-refractivity contribution is 5.73. The van der Waals surface area contributed by atoms with E-state index in [2.05, 4.69) is 5.32 Å². The van der Waals surface area contributed by atoms with Gasteiger partial charge in [-0.25, -0.2) is 0 Å². The third-order valence-electron chi connectivity index (χ3n) is 2.95. The van der Waals surface area contributed by atoms with Gasteiger partial charge in [0.25, 0.3) is 0 Å². The Bertz CT molecular complexity index is 284. The number of nitrogens with one attached hydrogen (secondary N) is 1. The molecule has 2 unspecified atom stereocenters. The SMILES string of the molecule is CC(=O)NC1[C@H](C)OC(CO)[C@@H](OC(C)C)[C@@H]1O. The number of hydrogen-bond donors (Lipinski definition) is 3. The molecule has 3 N–H and O–H groups in total. The fourth-order valence-electron chi connectivity index (χ4n) is 2.21. The van der Waals surface area contributed by atoms with Crippen LogP contribution in [0, 0.1) is 0 Å². The van der Waals surface area contributed by atoms with Gasteiger partial charge in [-0.05, 0) is 20.8 Å². The fraction of sp³-hybridized carbons (Fsp3) is 0.917. The van der Waals surface area contributed by atoms with Crippen LogP contribution in [0.5, 0.6) is 0 Å². The number of carbonyl (C=O) groups excluding carboxylic acids is 1. The first-order valence-corrected chi connectivity index (χ1v) is 6.23. The summed E-state index contributed by atoms with van der Waals surface area (Å²) in [6.07, 6.45) is -2.62. The van der Waals surface area contributed by atoms with Crippen molar-refractivity contribution in [2.75, 3.05) is 6.61 Å². The number of ether oxygens (including phenoxy) is 2. The Hall–Kier alpha value is -0.690. The molecule has 1 aliphatic rings. The third kappa shape index (κ3) is 3.65. The first kappa shape index (κ1) is 15.4. The van der Waals surface area contributed by atoms with Gasteiger partial charge in [0, 0.05) is 6.92 Å². The molecular formula is C12H23NO5. The zero-order chi connectivity index (χ0) is 13.9. The lowest BCUT2D eigenvalue weighted by Crippen LogP contribution is -2.64. The van der Waals surface area contributed by atoms with E-state index in [0.717, 1.165) is 0 Å². The molecule has 1 saturated heterocycles. The molecule has 6 heteroatoms. The predicted molar refractivity (Wildman–Crippen MR) is 65.0 cm³/mol. The maximum absolute atomic E-state index is 11.1. The number of amides is 1. The maximum Gasteiger partial charge on any atom is 0.217 e. The zero-order valence-electron chi connectivity index (χ0n) is 11.3. The molecule has 0 aromatic carbocycles. The second-order valence-electron chi connectivity index (χ2n) is 4.93. The molecule has 0 radical (unpaired) electrons. The van der Waals surface area contributed by atoms with Crippen LogP contribution in [-0.2, 0) is 14.3 Å². The number of carbonyl (C=O) groups is 1. The number of aliphatic hydroxyl groups excluding tert-OH is 2. The highest BCUT2D eigenvalue weighted by atomic mass is 16.6. The van der Waals surface area contributed by atoms with E-state index in [4.69, 9.17) is 9.47 Å². The number of hydrogen-bond acceptors (Lipinski definition) is 5. The average molecular weight is 261 g/mol. The molecule has 0 aromatic heterocycles. The van der Waals surface area contributed by atoms with E-state index in [1.165, 1.54) is 6.92 Å². The molecule has 6 nitrogen and oxygen atoms in total. The van der Waals surface area contributed by atoms with Gasteiger partial charge in [0.05, 0.1) is 24.9 Å². The average Bonchev–Trinajstić information content (AvgIpc) is 2.27. The van der Waals surface area contributed by atoms with Crippen LogP contribution in [0.3, 0.4) is 0 Å². The van der Waals surface area contributed by atoms with Crippen LogP contribution in [0.25, 0.3) is 0 Å². The normalized spacial score (nSPS) is 36.7. The molecule has 0 spiro atoms. The van der Waals surface area contributed by atoms with Gasteiger partial charge in [0.2, 0.25) is 5.91 Å². The lowest BCUT2D eigenvalue weighted by atomic mass is 9.93. The van der Waals surface area contributed by atoms with Crippen molar-refractivity contribution in [1.29, 1.82) is 0 Å². The molecule has 5 atom stereocenters. The monoisotopic (exact) mass is 261 g/mol. The summed E-state index contributed by atoms with van der Waals surface area (Å²) in [6.45, 7) is 6.58. The molecule has 1 rings (SSSR count). The Kier molecular flexibility index (Phi) is 5.52. The summed E-state index contributed by atoms with van der Waals surface area (Å²) in [7, 11) is 0. The molecule has 0 bridgehead atoms. The van der Waals surface area contributed by atoms with Gasteiger partial charge in [0.1, 0.15) is 18.3 Å². The lowest BCUT2D eigenvalue weighted by Gasteiger charge is -2.43. The Morgan fingerprint density at radius 1 is 1.50 bits per heavy atom. The van der Waals surface area contributed by atoms with Crippen molar-refractivity contribution in [3.8, 4) is 0 Å². The number of rotatable bonds is 4. The molecule has 106 valence electrons. The van der Waals surface area contributed by atoms with E-state index in [0.29, 0.717) is 0 Å². The van der Waals surface area contributed by atoms with Crippen LogP contribution in [0.15, 0.2) is 0 Å². The van der Waals surface area contributed by atoms with Crippen molar-refractivity contribution in [2.24, 2.45) is 0 Å². The van der Waals surface area contributed by atoms with Gasteiger partial charge in [-0.1, -0.05) is 0 Å². The van der Waals surface area contributed by atoms with E-state index >= 15 is 0 Å². The smallest absolute Gasteiger partial charge is 0.217 e. The van der Waals surface area contributed by atoms with Crippen molar-refractivity contribution in [2.45, 2.75) is 64.3 Å². The Labute approximate surface area is 107 Å². The first-order valence-electron chi connectivity index (χ1n) is 6.23. The molecule has 18 heavy (non-hydrogen) atoms. The molecular weight excluding hydrogens is 238 g/mol. The molecule has 0 saturated carbocycles. The summed E-state index contributed by atoms with van der Waals surface area (Å²) in [5, 5.41) is 22.2. The largest absolute Gasteiger partial charge is 0.394 e. The minimum Gasteiger partial charge on any atom is -0.394 e. The van der Waals surface area contributed by atoms with Gasteiger partial charge < -0.3 is 25.0 Å². The summed E-state index contributed by atoms with van der Waals surface area (Å²) in [6, 6.07) is -0.533. The first-order chi connectivity index (χ1) is 8.36. The van der Waals surface area contributed by atoms with Crippen molar-refractivity contribution in [3.63, 3.8) is 0 Å². The summed E-state index contributed by atoms with van der Waals surface area (Å²) in [5.74, 6) is -0.236. The summed E-state index contributed by atoms with van der Waals surface area (Å²) in [5.41, 5.74) is 0. The quantitative estimate of drug-likeness (QED) is 0.630. The van der Waals surface area contributed by atoms with E-state index in [-0.39, 0.29) is 24.7 Å². The summed E-state index contributed by atoms with van der Waals surface area (Å²) >= 11 is 0. The Morgan fingerprint density at radius 3 is 2.56 bits per heavy atom. The molecule has 0 aromatic rings. The third-order valence-corrected chi connectivity index (χ3v) is 2.95. The van der Waals surface area contributed by atoms with E-state index in [9.17, 15) is 15.0 Å². The van der Waals surface area contributed by atoms with Crippen LogP contribution in [-0.4, -0.2) is 59.3 Å². The molecule has 1 amide bonds.